The summed E-state index contributed by atoms with van der Waals surface area (Å²) in [6, 6.07) is 0.107. The van der Waals surface area contributed by atoms with Crippen molar-refractivity contribution >= 4 is 36.0 Å². The van der Waals surface area contributed by atoms with E-state index in [0.29, 0.717) is 5.92 Å². The summed E-state index contributed by atoms with van der Waals surface area (Å²) in [5.74, 6) is 1.63. The third-order valence-electron chi connectivity index (χ3n) is 4.95. The molecule has 8 heteroatoms. The molecule has 1 amide bonds. The van der Waals surface area contributed by atoms with E-state index < -0.39 is 5.60 Å². The predicted molar refractivity (Wildman–Crippen MR) is 126 cm³/mol. The molecule has 0 aromatic rings. The molecule has 2 aliphatic heterocycles. The van der Waals surface area contributed by atoms with Gasteiger partial charge in [-0.25, -0.2) is 4.79 Å². The largest absolute Gasteiger partial charge is 0.444 e. The van der Waals surface area contributed by atoms with Crippen LogP contribution in [0.4, 0.5) is 4.79 Å². The van der Waals surface area contributed by atoms with Gasteiger partial charge >= 0.3 is 6.09 Å². The standard InChI is InChI=1S/C20H39N5O2.HI/c1-6-10-24-11-8-16(14-24)13-22-18(21-7-2)25-12-9-17(15-25)23-19(26)27-20(3,4)5;/h16-17H,6-15H2,1-5H3,(H,21,22)(H,23,26);1H. The van der Waals surface area contributed by atoms with Gasteiger partial charge in [0.2, 0.25) is 0 Å². The summed E-state index contributed by atoms with van der Waals surface area (Å²) in [4.78, 5) is 21.7. The summed E-state index contributed by atoms with van der Waals surface area (Å²) in [7, 11) is 0. The van der Waals surface area contributed by atoms with E-state index in [-0.39, 0.29) is 36.1 Å². The Labute approximate surface area is 188 Å². The Morgan fingerprint density at radius 3 is 2.57 bits per heavy atom. The lowest BCUT2D eigenvalue weighted by atomic mass is 10.1. The number of carbonyl (C=O) groups excluding carboxylic acids is 1. The number of alkyl carbamates (subject to hydrolysis) is 1. The first kappa shape index (κ1) is 25.3. The van der Waals surface area contributed by atoms with Crippen LogP contribution in [0, 0.1) is 5.92 Å². The van der Waals surface area contributed by atoms with E-state index >= 15 is 0 Å². The van der Waals surface area contributed by atoms with E-state index in [2.05, 4.69) is 34.3 Å². The SMILES string of the molecule is CCCN1CCC(CN=C(NCC)N2CCC(NC(=O)OC(C)(C)C)C2)C1.I. The first-order valence-electron chi connectivity index (χ1n) is 10.6. The lowest BCUT2D eigenvalue weighted by molar-refractivity contribution is 0.0507. The summed E-state index contributed by atoms with van der Waals surface area (Å²) < 4.78 is 5.37. The molecular weight excluding hydrogens is 469 g/mol. The Balaban J connectivity index is 0.00000392. The fourth-order valence-electron chi connectivity index (χ4n) is 3.77. The summed E-state index contributed by atoms with van der Waals surface area (Å²) >= 11 is 0. The van der Waals surface area contributed by atoms with Gasteiger partial charge in [0.05, 0.1) is 6.04 Å². The maximum Gasteiger partial charge on any atom is 0.407 e. The number of carbonyl (C=O) groups is 1. The molecule has 2 fully saturated rings. The van der Waals surface area contributed by atoms with Gasteiger partial charge in [-0.15, -0.1) is 24.0 Å². The zero-order chi connectivity index (χ0) is 19.9. The maximum absolute atomic E-state index is 12.0. The number of halogens is 1. The van der Waals surface area contributed by atoms with E-state index in [1.807, 2.05) is 20.8 Å². The Bertz CT molecular complexity index is 509. The van der Waals surface area contributed by atoms with Gasteiger partial charge in [-0.1, -0.05) is 6.92 Å². The van der Waals surface area contributed by atoms with Crippen LogP contribution in [0.1, 0.15) is 53.9 Å². The normalized spacial score (nSPS) is 23.5. The van der Waals surface area contributed by atoms with Gasteiger partial charge in [-0.2, -0.15) is 0 Å². The molecule has 0 spiro atoms. The Kier molecular flexibility index (Phi) is 10.9. The highest BCUT2D eigenvalue weighted by Crippen LogP contribution is 2.17. The number of rotatable bonds is 6. The predicted octanol–water partition coefficient (Wildman–Crippen LogP) is 2.90. The molecule has 0 aromatic heterocycles. The molecule has 7 nitrogen and oxygen atoms in total. The van der Waals surface area contributed by atoms with Crippen LogP contribution < -0.4 is 10.6 Å². The second-order valence-electron chi connectivity index (χ2n) is 8.73. The Hall–Kier alpha value is -0.770. The number of amides is 1. The van der Waals surface area contributed by atoms with Crippen LogP contribution in [-0.2, 0) is 4.74 Å². The van der Waals surface area contributed by atoms with Gasteiger partial charge in [0.25, 0.3) is 0 Å². The molecule has 2 atom stereocenters. The number of guanidine groups is 1. The molecule has 2 unspecified atom stereocenters. The number of likely N-dealkylation sites (tertiary alicyclic amines) is 2. The van der Waals surface area contributed by atoms with Crippen molar-refractivity contribution in [2.45, 2.75) is 65.5 Å². The summed E-state index contributed by atoms with van der Waals surface area (Å²) in [5.41, 5.74) is -0.467. The zero-order valence-corrected chi connectivity index (χ0v) is 20.6. The van der Waals surface area contributed by atoms with Gasteiger partial charge in [-0.3, -0.25) is 4.99 Å². The van der Waals surface area contributed by atoms with Crippen molar-refractivity contribution in [2.75, 3.05) is 45.8 Å². The van der Waals surface area contributed by atoms with Crippen LogP contribution in [0.3, 0.4) is 0 Å². The second-order valence-corrected chi connectivity index (χ2v) is 8.73. The number of aliphatic imine (C=N–C) groups is 1. The van der Waals surface area contributed by atoms with Crippen LogP contribution in [0.25, 0.3) is 0 Å². The minimum absolute atomic E-state index is 0. The van der Waals surface area contributed by atoms with Crippen molar-refractivity contribution in [1.82, 2.24) is 20.4 Å². The lowest BCUT2D eigenvalue weighted by Gasteiger charge is -2.23. The van der Waals surface area contributed by atoms with Crippen molar-refractivity contribution in [2.24, 2.45) is 10.9 Å². The van der Waals surface area contributed by atoms with Gasteiger partial charge in [0.15, 0.2) is 5.96 Å². The van der Waals surface area contributed by atoms with Crippen molar-refractivity contribution in [3.63, 3.8) is 0 Å². The van der Waals surface area contributed by atoms with Crippen molar-refractivity contribution in [3.8, 4) is 0 Å². The van der Waals surface area contributed by atoms with Gasteiger partial charge in [0.1, 0.15) is 5.60 Å². The molecule has 164 valence electrons. The molecule has 2 N–H and O–H groups in total. The highest BCUT2D eigenvalue weighted by molar-refractivity contribution is 14.0. The van der Waals surface area contributed by atoms with Gasteiger partial charge in [0, 0.05) is 32.7 Å². The van der Waals surface area contributed by atoms with Gasteiger partial charge < -0.3 is 25.2 Å². The number of hydrogen-bond acceptors (Lipinski definition) is 4. The zero-order valence-electron chi connectivity index (χ0n) is 18.3. The van der Waals surface area contributed by atoms with E-state index in [1.54, 1.807) is 0 Å². The highest BCUT2D eigenvalue weighted by Gasteiger charge is 2.28. The average Bonchev–Trinajstić information content (AvgIpc) is 3.19. The molecule has 0 saturated carbocycles. The molecule has 2 saturated heterocycles. The van der Waals surface area contributed by atoms with Crippen molar-refractivity contribution < 1.29 is 9.53 Å². The molecule has 28 heavy (non-hydrogen) atoms. The average molecular weight is 509 g/mol. The molecular formula is C20H40IN5O2. The van der Waals surface area contributed by atoms with E-state index in [9.17, 15) is 4.79 Å². The van der Waals surface area contributed by atoms with Crippen LogP contribution in [0.2, 0.25) is 0 Å². The molecule has 0 radical (unpaired) electrons. The number of hydrogen-bond donors (Lipinski definition) is 2. The number of nitrogens with one attached hydrogen (secondary N) is 2. The van der Waals surface area contributed by atoms with E-state index in [1.165, 1.54) is 32.5 Å². The molecule has 2 rings (SSSR count). The van der Waals surface area contributed by atoms with Crippen LogP contribution >= 0.6 is 24.0 Å². The highest BCUT2D eigenvalue weighted by atomic mass is 127. The molecule has 2 heterocycles. The smallest absolute Gasteiger partial charge is 0.407 e. The lowest BCUT2D eigenvalue weighted by Crippen LogP contribution is -2.44. The molecule has 0 bridgehead atoms. The number of ether oxygens (including phenoxy) is 1. The Morgan fingerprint density at radius 1 is 1.18 bits per heavy atom. The third kappa shape index (κ3) is 8.71. The first-order valence-corrected chi connectivity index (χ1v) is 10.6. The summed E-state index contributed by atoms with van der Waals surface area (Å²) in [5, 5.41) is 6.40. The third-order valence-corrected chi connectivity index (χ3v) is 4.95. The van der Waals surface area contributed by atoms with Gasteiger partial charge in [-0.05, 0) is 66.0 Å². The first-order chi connectivity index (χ1) is 12.8. The van der Waals surface area contributed by atoms with Crippen molar-refractivity contribution in [1.29, 1.82) is 0 Å². The fourth-order valence-corrected chi connectivity index (χ4v) is 3.77. The summed E-state index contributed by atoms with van der Waals surface area (Å²) in [6.45, 7) is 17.0. The molecule has 0 aliphatic carbocycles. The van der Waals surface area contributed by atoms with E-state index in [4.69, 9.17) is 9.73 Å². The fraction of sp³-hybridized carbons (Fsp3) is 0.900. The number of nitrogens with zero attached hydrogens (tertiary/aromatic N) is 3. The van der Waals surface area contributed by atoms with E-state index in [0.717, 1.165) is 38.6 Å². The maximum atomic E-state index is 12.0. The second kappa shape index (κ2) is 12.0. The van der Waals surface area contributed by atoms with Crippen LogP contribution in [-0.4, -0.2) is 79.3 Å². The van der Waals surface area contributed by atoms with Crippen LogP contribution in [0.15, 0.2) is 4.99 Å². The molecule has 2 aliphatic rings. The Morgan fingerprint density at radius 2 is 1.93 bits per heavy atom. The quantitative estimate of drug-likeness (QED) is 0.328. The van der Waals surface area contributed by atoms with Crippen LogP contribution in [0.5, 0.6) is 0 Å². The summed E-state index contributed by atoms with van der Waals surface area (Å²) in [6.07, 6.45) is 3.04. The van der Waals surface area contributed by atoms with Crippen molar-refractivity contribution in [3.05, 3.63) is 0 Å². The molecule has 0 aromatic carbocycles. The minimum Gasteiger partial charge on any atom is -0.444 e. The monoisotopic (exact) mass is 509 g/mol. The minimum atomic E-state index is -0.467. The topological polar surface area (TPSA) is 69.2 Å².